The fourth-order valence-corrected chi connectivity index (χ4v) is 2.52. The molecule has 0 radical (unpaired) electrons. The van der Waals surface area contributed by atoms with E-state index >= 15 is 0 Å². The van der Waals surface area contributed by atoms with Crippen LogP contribution < -0.4 is 0 Å². The summed E-state index contributed by atoms with van der Waals surface area (Å²) in [5, 5.41) is 9.48. The Morgan fingerprint density at radius 3 is 2.43 bits per heavy atom. The van der Waals surface area contributed by atoms with Crippen molar-refractivity contribution in [2.45, 2.75) is 32.7 Å². The maximum atomic E-state index is 12.5. The quantitative estimate of drug-likeness (QED) is 0.889. The lowest BCUT2D eigenvalue weighted by molar-refractivity contribution is -0.141. The van der Waals surface area contributed by atoms with Gasteiger partial charge >= 0.3 is 5.97 Å². The standard InChI is InChI=1S/C18H21NO4/c1-4-15-12(2)10-16(23-15)17(20)19(3)14(18(21)22)11-13-8-6-5-7-9-13/h5-10,14H,4,11H2,1-3H3,(H,21,22). The molecule has 0 aliphatic heterocycles. The normalized spacial score (nSPS) is 12.0. The third-order valence-electron chi connectivity index (χ3n) is 3.90. The van der Waals surface area contributed by atoms with Crippen LogP contribution in [0.5, 0.6) is 0 Å². The predicted molar refractivity (Wildman–Crippen MR) is 86.5 cm³/mol. The van der Waals surface area contributed by atoms with Crippen LogP contribution in [0.3, 0.4) is 0 Å². The molecule has 2 aromatic rings. The van der Waals surface area contributed by atoms with Crippen molar-refractivity contribution in [3.63, 3.8) is 0 Å². The molecule has 1 aromatic heterocycles. The van der Waals surface area contributed by atoms with Crippen LogP contribution in [-0.4, -0.2) is 35.0 Å². The molecule has 1 atom stereocenters. The van der Waals surface area contributed by atoms with Crippen molar-refractivity contribution in [1.29, 1.82) is 0 Å². The second-order valence-electron chi connectivity index (χ2n) is 5.53. The van der Waals surface area contributed by atoms with Gasteiger partial charge in [-0.15, -0.1) is 0 Å². The molecule has 1 heterocycles. The molecule has 1 unspecified atom stereocenters. The summed E-state index contributed by atoms with van der Waals surface area (Å²) < 4.78 is 5.54. The summed E-state index contributed by atoms with van der Waals surface area (Å²) in [6.45, 7) is 3.82. The van der Waals surface area contributed by atoms with E-state index in [1.54, 1.807) is 6.07 Å². The van der Waals surface area contributed by atoms with E-state index in [-0.39, 0.29) is 12.2 Å². The van der Waals surface area contributed by atoms with Crippen LogP contribution in [0.1, 0.15) is 34.4 Å². The number of benzene rings is 1. The van der Waals surface area contributed by atoms with E-state index in [4.69, 9.17) is 4.42 Å². The van der Waals surface area contributed by atoms with Gasteiger partial charge in [-0.2, -0.15) is 0 Å². The summed E-state index contributed by atoms with van der Waals surface area (Å²) in [5.41, 5.74) is 1.77. The Kier molecular flexibility index (Phi) is 5.21. The van der Waals surface area contributed by atoms with Gasteiger partial charge in [0.1, 0.15) is 11.8 Å². The van der Waals surface area contributed by atoms with E-state index < -0.39 is 17.9 Å². The fourth-order valence-electron chi connectivity index (χ4n) is 2.52. The molecule has 0 aliphatic carbocycles. The molecule has 0 saturated carbocycles. The number of furan rings is 1. The second-order valence-corrected chi connectivity index (χ2v) is 5.53. The van der Waals surface area contributed by atoms with Crippen molar-refractivity contribution in [3.05, 3.63) is 59.0 Å². The molecule has 5 nitrogen and oxygen atoms in total. The lowest BCUT2D eigenvalue weighted by Gasteiger charge is -2.24. The molecular formula is C18H21NO4. The lowest BCUT2D eigenvalue weighted by atomic mass is 10.0. The molecule has 2 rings (SSSR count). The topological polar surface area (TPSA) is 70.8 Å². The van der Waals surface area contributed by atoms with Gasteiger partial charge in [0, 0.05) is 19.9 Å². The third-order valence-corrected chi connectivity index (χ3v) is 3.90. The summed E-state index contributed by atoms with van der Waals surface area (Å²) >= 11 is 0. The van der Waals surface area contributed by atoms with Crippen molar-refractivity contribution in [3.8, 4) is 0 Å². The number of rotatable bonds is 6. The summed E-state index contributed by atoms with van der Waals surface area (Å²) in [6.07, 6.45) is 0.938. The van der Waals surface area contributed by atoms with Gasteiger partial charge in [-0.05, 0) is 24.1 Å². The summed E-state index contributed by atoms with van der Waals surface area (Å²) in [7, 11) is 1.49. The van der Waals surface area contributed by atoms with Gasteiger partial charge in [-0.25, -0.2) is 4.79 Å². The molecule has 1 aromatic carbocycles. The monoisotopic (exact) mass is 315 g/mol. The fraction of sp³-hybridized carbons (Fsp3) is 0.333. The Labute approximate surface area is 135 Å². The van der Waals surface area contributed by atoms with Gasteiger partial charge in [-0.1, -0.05) is 37.3 Å². The molecule has 1 amide bonds. The SMILES string of the molecule is CCc1oc(C(=O)N(C)C(Cc2ccccc2)C(=O)O)cc1C. The zero-order chi connectivity index (χ0) is 17.0. The minimum Gasteiger partial charge on any atom is -0.480 e. The first-order chi connectivity index (χ1) is 10.9. The third kappa shape index (κ3) is 3.80. The van der Waals surface area contributed by atoms with E-state index in [9.17, 15) is 14.7 Å². The maximum absolute atomic E-state index is 12.5. The van der Waals surface area contributed by atoms with Crippen LogP contribution in [0.4, 0.5) is 0 Å². The highest BCUT2D eigenvalue weighted by Gasteiger charge is 2.29. The Hall–Kier alpha value is -2.56. The summed E-state index contributed by atoms with van der Waals surface area (Å²) in [4.78, 5) is 25.3. The molecule has 0 aliphatic rings. The minimum absolute atomic E-state index is 0.182. The van der Waals surface area contributed by atoms with E-state index in [0.717, 1.165) is 16.9 Å². The van der Waals surface area contributed by atoms with Gasteiger partial charge < -0.3 is 14.4 Å². The number of hydrogen-bond donors (Lipinski definition) is 1. The molecule has 0 bridgehead atoms. The Balaban J connectivity index is 2.21. The second kappa shape index (κ2) is 7.13. The first-order valence-corrected chi connectivity index (χ1v) is 7.57. The van der Waals surface area contributed by atoms with Gasteiger partial charge in [0.2, 0.25) is 0 Å². The Bertz CT molecular complexity index is 690. The first-order valence-electron chi connectivity index (χ1n) is 7.57. The molecular weight excluding hydrogens is 294 g/mol. The Morgan fingerprint density at radius 1 is 1.26 bits per heavy atom. The Morgan fingerprint density at radius 2 is 1.91 bits per heavy atom. The zero-order valence-corrected chi connectivity index (χ0v) is 13.6. The first kappa shape index (κ1) is 16.8. The number of carboxylic acid groups (broad SMARTS) is 1. The van der Waals surface area contributed by atoms with Crippen LogP contribution in [0.2, 0.25) is 0 Å². The molecule has 5 heteroatoms. The highest BCUT2D eigenvalue weighted by atomic mass is 16.4. The lowest BCUT2D eigenvalue weighted by Crippen LogP contribution is -2.43. The highest BCUT2D eigenvalue weighted by molar-refractivity contribution is 5.94. The molecule has 0 spiro atoms. The smallest absolute Gasteiger partial charge is 0.326 e. The van der Waals surface area contributed by atoms with Crippen LogP contribution in [0.15, 0.2) is 40.8 Å². The van der Waals surface area contributed by atoms with Crippen molar-refractivity contribution >= 4 is 11.9 Å². The van der Waals surface area contributed by atoms with E-state index in [1.807, 2.05) is 44.2 Å². The van der Waals surface area contributed by atoms with Crippen molar-refractivity contribution in [1.82, 2.24) is 4.90 Å². The highest BCUT2D eigenvalue weighted by Crippen LogP contribution is 2.18. The number of aliphatic carboxylic acids is 1. The summed E-state index contributed by atoms with van der Waals surface area (Å²) in [5.74, 6) is -0.530. The van der Waals surface area contributed by atoms with Crippen LogP contribution in [0, 0.1) is 6.92 Å². The van der Waals surface area contributed by atoms with Crippen LogP contribution in [-0.2, 0) is 17.6 Å². The number of nitrogens with zero attached hydrogens (tertiary/aromatic N) is 1. The molecule has 122 valence electrons. The number of aryl methyl sites for hydroxylation is 2. The largest absolute Gasteiger partial charge is 0.480 e. The van der Waals surface area contributed by atoms with E-state index in [2.05, 4.69) is 0 Å². The summed E-state index contributed by atoms with van der Waals surface area (Å²) in [6, 6.07) is 9.98. The van der Waals surface area contributed by atoms with Crippen molar-refractivity contribution < 1.29 is 19.1 Å². The van der Waals surface area contributed by atoms with Gasteiger partial charge in [0.15, 0.2) is 5.76 Å². The number of carboxylic acids is 1. The minimum atomic E-state index is -1.04. The number of carbonyl (C=O) groups is 2. The number of hydrogen-bond acceptors (Lipinski definition) is 3. The maximum Gasteiger partial charge on any atom is 0.326 e. The van der Waals surface area contributed by atoms with E-state index in [0.29, 0.717) is 6.42 Å². The zero-order valence-electron chi connectivity index (χ0n) is 13.6. The van der Waals surface area contributed by atoms with Crippen LogP contribution in [0.25, 0.3) is 0 Å². The van der Waals surface area contributed by atoms with Crippen molar-refractivity contribution in [2.75, 3.05) is 7.05 Å². The van der Waals surface area contributed by atoms with E-state index in [1.165, 1.54) is 11.9 Å². The van der Waals surface area contributed by atoms with Gasteiger partial charge in [0.25, 0.3) is 5.91 Å². The number of likely N-dealkylation sites (N-methyl/N-ethyl adjacent to an activating group) is 1. The van der Waals surface area contributed by atoms with Gasteiger partial charge in [0.05, 0.1) is 0 Å². The average Bonchev–Trinajstić information content (AvgIpc) is 2.93. The molecule has 23 heavy (non-hydrogen) atoms. The van der Waals surface area contributed by atoms with Crippen molar-refractivity contribution in [2.24, 2.45) is 0 Å². The molecule has 0 saturated heterocycles. The average molecular weight is 315 g/mol. The van der Waals surface area contributed by atoms with Gasteiger partial charge in [-0.3, -0.25) is 4.79 Å². The van der Waals surface area contributed by atoms with Crippen LogP contribution >= 0.6 is 0 Å². The predicted octanol–water partition coefficient (Wildman–Crippen LogP) is 2.92. The number of amides is 1. The number of carbonyl (C=O) groups excluding carboxylic acids is 1. The molecule has 0 fully saturated rings. The molecule has 1 N–H and O–H groups in total.